The summed E-state index contributed by atoms with van der Waals surface area (Å²) in [6.07, 6.45) is 3.07. The summed E-state index contributed by atoms with van der Waals surface area (Å²) in [7, 11) is 0. The van der Waals surface area contributed by atoms with Crippen LogP contribution in [0.2, 0.25) is 0 Å². The van der Waals surface area contributed by atoms with E-state index < -0.39 is 17.8 Å². The summed E-state index contributed by atoms with van der Waals surface area (Å²) in [5.41, 5.74) is -0.938. The third-order valence-corrected chi connectivity index (χ3v) is 5.13. The first-order valence-electron chi connectivity index (χ1n) is 10.0. The first-order chi connectivity index (χ1) is 14.9. The Hall–Kier alpha value is -3.27. The van der Waals surface area contributed by atoms with E-state index in [9.17, 15) is 18.4 Å². The highest BCUT2D eigenvalue weighted by Gasteiger charge is 2.24. The van der Waals surface area contributed by atoms with Crippen molar-refractivity contribution in [3.05, 3.63) is 56.5 Å². The van der Waals surface area contributed by atoms with Gasteiger partial charge in [0.1, 0.15) is 17.7 Å². The number of hydrogen-bond acceptors (Lipinski definition) is 5. The minimum absolute atomic E-state index is 0.0476. The van der Waals surface area contributed by atoms with Gasteiger partial charge in [0.25, 0.3) is 5.56 Å². The van der Waals surface area contributed by atoms with Gasteiger partial charge in [-0.15, -0.1) is 0 Å². The zero-order valence-corrected chi connectivity index (χ0v) is 17.1. The van der Waals surface area contributed by atoms with Crippen LogP contribution in [0.15, 0.2) is 33.9 Å². The fraction of sp³-hybridized carbons (Fsp3) is 0.381. The Kier molecular flexibility index (Phi) is 5.73. The molecule has 1 aromatic carbocycles. The van der Waals surface area contributed by atoms with Crippen molar-refractivity contribution in [3.8, 4) is 5.75 Å². The molecule has 31 heavy (non-hydrogen) atoms. The highest BCUT2D eigenvalue weighted by Crippen LogP contribution is 2.23. The number of hydrogen-bond donors (Lipinski definition) is 0. The summed E-state index contributed by atoms with van der Waals surface area (Å²) in [4.78, 5) is 29.4. The molecule has 1 saturated heterocycles. The molecule has 2 aromatic heterocycles. The lowest BCUT2D eigenvalue weighted by molar-refractivity contribution is -0.0796. The van der Waals surface area contributed by atoms with E-state index in [1.54, 1.807) is 44.2 Å². The monoisotopic (exact) mass is 432 g/mol. The van der Waals surface area contributed by atoms with Crippen molar-refractivity contribution in [2.45, 2.75) is 39.6 Å². The fourth-order valence-electron chi connectivity index (χ4n) is 3.46. The van der Waals surface area contributed by atoms with Gasteiger partial charge in [0.2, 0.25) is 0 Å². The lowest BCUT2D eigenvalue weighted by atomic mass is 10.2. The minimum Gasteiger partial charge on any atom is -0.486 e. The largest absolute Gasteiger partial charge is 0.486 e. The smallest absolute Gasteiger partial charge is 0.332 e. The molecule has 3 heterocycles. The van der Waals surface area contributed by atoms with E-state index in [1.165, 1.54) is 10.6 Å². The molecule has 0 radical (unpaired) electrons. The van der Waals surface area contributed by atoms with Gasteiger partial charge in [0.05, 0.1) is 13.2 Å². The van der Waals surface area contributed by atoms with Gasteiger partial charge in [0.15, 0.2) is 11.2 Å². The summed E-state index contributed by atoms with van der Waals surface area (Å²) in [5, 5.41) is 0. The second-order valence-electron chi connectivity index (χ2n) is 7.05. The molecule has 4 rings (SSSR count). The van der Waals surface area contributed by atoms with Crippen LogP contribution in [0, 0.1) is 0 Å². The van der Waals surface area contributed by atoms with Gasteiger partial charge >= 0.3 is 12.2 Å². The standard InChI is InChI=1S/C21H22F2N4O4/c1-3-25-18-17(19(28)26(4-2)21(25)29)27(20(22)23)16(24-18)10-7-13-5-8-14(9-6-13)31-15-11-30-12-15/h5-10,15,20H,3-4,11-12H2,1-2H3. The van der Waals surface area contributed by atoms with Crippen molar-refractivity contribution in [3.63, 3.8) is 0 Å². The number of fused-ring (bicyclic) bond motifs is 1. The van der Waals surface area contributed by atoms with Crippen LogP contribution in [-0.2, 0) is 17.8 Å². The number of nitrogens with zero attached hydrogens (tertiary/aromatic N) is 4. The van der Waals surface area contributed by atoms with Crippen molar-refractivity contribution < 1.29 is 18.3 Å². The Balaban J connectivity index is 1.75. The molecule has 0 amide bonds. The molecule has 164 valence electrons. The molecule has 1 aliphatic heterocycles. The van der Waals surface area contributed by atoms with E-state index in [0.29, 0.717) is 23.5 Å². The number of rotatable bonds is 7. The first-order valence-corrected chi connectivity index (χ1v) is 10.0. The molecule has 1 fully saturated rings. The number of benzene rings is 1. The summed E-state index contributed by atoms with van der Waals surface area (Å²) in [6.45, 7) is 1.72. The van der Waals surface area contributed by atoms with Crippen LogP contribution in [0.25, 0.3) is 23.3 Å². The molecule has 3 aromatic rings. The van der Waals surface area contributed by atoms with Crippen LogP contribution in [0.4, 0.5) is 8.78 Å². The molecule has 0 aliphatic carbocycles. The Morgan fingerprint density at radius 1 is 1.13 bits per heavy atom. The molecule has 0 unspecified atom stereocenters. The van der Waals surface area contributed by atoms with Gasteiger partial charge in [-0.25, -0.2) is 9.78 Å². The van der Waals surface area contributed by atoms with Crippen LogP contribution in [0.3, 0.4) is 0 Å². The SMILES string of the molecule is CCn1c(=O)c2c(nc(C=Cc3ccc(OC4COC4)cc3)n2C(F)F)n(CC)c1=O. The number of aryl methyl sites for hydroxylation is 1. The van der Waals surface area contributed by atoms with Gasteiger partial charge in [-0.1, -0.05) is 18.2 Å². The molecule has 1 aliphatic rings. The Morgan fingerprint density at radius 3 is 2.35 bits per heavy atom. The third kappa shape index (κ3) is 3.78. The topological polar surface area (TPSA) is 80.3 Å². The molecule has 0 N–H and O–H groups in total. The average Bonchev–Trinajstić information content (AvgIpc) is 3.10. The zero-order valence-electron chi connectivity index (χ0n) is 17.1. The third-order valence-electron chi connectivity index (χ3n) is 5.13. The van der Waals surface area contributed by atoms with Crippen molar-refractivity contribution in [2.24, 2.45) is 0 Å². The van der Waals surface area contributed by atoms with E-state index in [1.807, 2.05) is 0 Å². The highest BCUT2D eigenvalue weighted by molar-refractivity contribution is 5.77. The molecular weight excluding hydrogens is 410 g/mol. The van der Waals surface area contributed by atoms with E-state index >= 15 is 0 Å². The summed E-state index contributed by atoms with van der Waals surface area (Å²) in [6, 6.07) is 7.13. The number of alkyl halides is 2. The minimum atomic E-state index is -2.99. The molecule has 0 saturated carbocycles. The van der Waals surface area contributed by atoms with E-state index in [0.717, 1.165) is 10.1 Å². The lowest BCUT2D eigenvalue weighted by Crippen LogP contribution is -2.40. The maximum absolute atomic E-state index is 13.9. The number of aromatic nitrogens is 4. The van der Waals surface area contributed by atoms with Crippen LogP contribution in [-0.4, -0.2) is 38.0 Å². The predicted octanol–water partition coefficient (Wildman–Crippen LogP) is 2.74. The summed E-state index contributed by atoms with van der Waals surface area (Å²) in [5.74, 6) is 0.585. The van der Waals surface area contributed by atoms with Gasteiger partial charge in [-0.3, -0.25) is 18.5 Å². The van der Waals surface area contributed by atoms with Crippen LogP contribution in [0.5, 0.6) is 5.75 Å². The highest BCUT2D eigenvalue weighted by atomic mass is 19.3. The van der Waals surface area contributed by atoms with Crippen LogP contribution in [0.1, 0.15) is 31.8 Å². The first kappa shape index (κ1) is 21.0. The van der Waals surface area contributed by atoms with Gasteiger partial charge < -0.3 is 9.47 Å². The van der Waals surface area contributed by atoms with E-state index in [4.69, 9.17) is 9.47 Å². The quantitative estimate of drug-likeness (QED) is 0.574. The van der Waals surface area contributed by atoms with Crippen molar-refractivity contribution in [1.29, 1.82) is 0 Å². The summed E-state index contributed by atoms with van der Waals surface area (Å²) >= 11 is 0. The van der Waals surface area contributed by atoms with Crippen molar-refractivity contribution in [1.82, 2.24) is 18.7 Å². The Labute approximate surface area is 176 Å². The fourth-order valence-corrected chi connectivity index (χ4v) is 3.46. The molecule has 10 heteroatoms. The second kappa shape index (κ2) is 8.46. The molecule has 8 nitrogen and oxygen atoms in total. The van der Waals surface area contributed by atoms with Crippen molar-refractivity contribution in [2.75, 3.05) is 13.2 Å². The maximum Gasteiger partial charge on any atom is 0.332 e. The summed E-state index contributed by atoms with van der Waals surface area (Å²) < 4.78 is 41.3. The molecular formula is C21H22F2N4O4. The van der Waals surface area contributed by atoms with Gasteiger partial charge in [-0.2, -0.15) is 8.78 Å². The van der Waals surface area contributed by atoms with Crippen LogP contribution >= 0.6 is 0 Å². The maximum atomic E-state index is 13.9. The number of ether oxygens (including phenoxy) is 2. The molecule has 0 atom stereocenters. The van der Waals surface area contributed by atoms with Gasteiger partial charge in [0, 0.05) is 13.1 Å². The van der Waals surface area contributed by atoms with Crippen LogP contribution < -0.4 is 16.0 Å². The zero-order chi connectivity index (χ0) is 22.1. The van der Waals surface area contributed by atoms with Gasteiger partial charge in [-0.05, 0) is 37.6 Å². The van der Waals surface area contributed by atoms with E-state index in [-0.39, 0.29) is 36.2 Å². The van der Waals surface area contributed by atoms with E-state index in [2.05, 4.69) is 4.98 Å². The second-order valence-corrected chi connectivity index (χ2v) is 7.05. The number of imidazole rings is 1. The molecule has 0 bridgehead atoms. The van der Waals surface area contributed by atoms with Crippen molar-refractivity contribution >= 4 is 23.3 Å². The normalized spacial score (nSPS) is 14.6. The number of halogens is 2. The lowest BCUT2D eigenvalue weighted by Gasteiger charge is -2.26. The average molecular weight is 432 g/mol. The Bertz CT molecular complexity index is 1240. The predicted molar refractivity (Wildman–Crippen MR) is 111 cm³/mol. The molecule has 0 spiro atoms. The Morgan fingerprint density at radius 2 is 1.81 bits per heavy atom.